The van der Waals surface area contributed by atoms with E-state index >= 15 is 0 Å². The fourth-order valence-corrected chi connectivity index (χ4v) is 1.21. The Balaban J connectivity index is 3.21. The first kappa shape index (κ1) is 11.8. The number of aromatic nitrogens is 1. The second-order valence-corrected chi connectivity index (χ2v) is 3.05. The fraction of sp³-hybridized carbons (Fsp3) is 0.250. The average Bonchev–Trinajstić information content (AvgIpc) is 2.09. The van der Waals surface area contributed by atoms with E-state index in [1.54, 1.807) is 0 Å². The lowest BCUT2D eigenvalue weighted by Crippen LogP contribution is -2.08. The van der Waals surface area contributed by atoms with Crippen LogP contribution in [0.3, 0.4) is 0 Å². The van der Waals surface area contributed by atoms with Crippen LogP contribution in [0.15, 0.2) is 6.07 Å². The van der Waals surface area contributed by atoms with Crippen molar-refractivity contribution in [3.63, 3.8) is 0 Å². The molecule has 1 aromatic heterocycles. The van der Waals surface area contributed by atoms with E-state index in [-0.39, 0.29) is 5.15 Å². The summed E-state index contributed by atoms with van der Waals surface area (Å²) in [6.07, 6.45) is -3.84. The van der Waals surface area contributed by atoms with Gasteiger partial charge in [-0.3, -0.25) is 4.79 Å². The minimum atomic E-state index is -3.06. The van der Waals surface area contributed by atoms with Crippen LogP contribution in [-0.4, -0.2) is 16.1 Å². The van der Waals surface area contributed by atoms with Crippen LogP contribution in [0, 0.1) is 5.82 Å². The van der Waals surface area contributed by atoms with E-state index in [2.05, 4.69) is 4.98 Å². The summed E-state index contributed by atoms with van der Waals surface area (Å²) in [6.45, 7) is 0. The number of nitrogens with zero attached hydrogens (tertiary/aromatic N) is 1. The molecule has 0 aliphatic rings. The Labute approximate surface area is 87.5 Å². The molecule has 0 unspecified atom stereocenters. The molecule has 0 spiro atoms. The molecule has 7 heteroatoms. The molecule has 0 saturated carbocycles. The summed E-state index contributed by atoms with van der Waals surface area (Å²) >= 11 is 5.35. The summed E-state index contributed by atoms with van der Waals surface area (Å²) in [7, 11) is 0. The van der Waals surface area contributed by atoms with Gasteiger partial charge in [-0.25, -0.2) is 18.2 Å². The molecule has 1 N–H and O–H groups in total. The third-order valence-corrected chi connectivity index (χ3v) is 1.77. The predicted molar refractivity (Wildman–Crippen MR) is 45.5 cm³/mol. The summed E-state index contributed by atoms with van der Waals surface area (Å²) < 4.78 is 37.7. The first-order valence-corrected chi connectivity index (χ1v) is 4.14. The minimum Gasteiger partial charge on any atom is -0.481 e. The van der Waals surface area contributed by atoms with E-state index < -0.39 is 35.9 Å². The normalized spacial score (nSPS) is 10.7. The van der Waals surface area contributed by atoms with Crippen molar-refractivity contribution >= 4 is 17.6 Å². The van der Waals surface area contributed by atoms with Gasteiger partial charge in [0.25, 0.3) is 6.43 Å². The zero-order valence-corrected chi connectivity index (χ0v) is 7.93. The number of alkyl halides is 2. The number of hydrogen-bond donors (Lipinski definition) is 1. The Morgan fingerprint density at radius 3 is 2.67 bits per heavy atom. The van der Waals surface area contributed by atoms with Gasteiger partial charge in [-0.15, -0.1) is 0 Å². The number of hydrogen-bond acceptors (Lipinski definition) is 2. The van der Waals surface area contributed by atoms with Gasteiger partial charge in [0.2, 0.25) is 0 Å². The van der Waals surface area contributed by atoms with Gasteiger partial charge < -0.3 is 5.11 Å². The van der Waals surface area contributed by atoms with Crippen LogP contribution in [0.2, 0.25) is 5.15 Å². The van der Waals surface area contributed by atoms with E-state index in [4.69, 9.17) is 16.7 Å². The molecule has 0 fully saturated rings. The number of pyridine rings is 1. The van der Waals surface area contributed by atoms with Crippen LogP contribution in [0.1, 0.15) is 17.7 Å². The summed E-state index contributed by atoms with van der Waals surface area (Å²) in [5.74, 6) is -2.69. The lowest BCUT2D eigenvalue weighted by Gasteiger charge is -2.06. The molecule has 0 amide bonds. The van der Waals surface area contributed by atoms with E-state index in [0.29, 0.717) is 6.07 Å². The Bertz CT molecular complexity index is 398. The maximum Gasteiger partial charge on any atom is 0.309 e. The molecule has 0 aliphatic carbocycles. The van der Waals surface area contributed by atoms with E-state index in [9.17, 15) is 18.0 Å². The maximum atomic E-state index is 13.2. The molecule has 0 saturated heterocycles. The topological polar surface area (TPSA) is 50.2 Å². The molecule has 82 valence electrons. The molecule has 0 aliphatic heterocycles. The third-order valence-electron chi connectivity index (χ3n) is 1.58. The molecule has 1 rings (SSSR count). The van der Waals surface area contributed by atoms with Crippen molar-refractivity contribution in [3.05, 3.63) is 28.3 Å². The van der Waals surface area contributed by atoms with Crippen LogP contribution in [0.5, 0.6) is 0 Å². The summed E-state index contributed by atoms with van der Waals surface area (Å²) in [5.41, 5.74) is -1.53. The van der Waals surface area contributed by atoms with Gasteiger partial charge in [0.05, 0.1) is 17.7 Å². The molecule has 0 aromatic carbocycles. The second kappa shape index (κ2) is 4.48. The smallest absolute Gasteiger partial charge is 0.309 e. The maximum absolute atomic E-state index is 13.2. The number of rotatable bonds is 3. The van der Waals surface area contributed by atoms with Gasteiger partial charge in [-0.1, -0.05) is 11.6 Å². The third kappa shape index (κ3) is 2.82. The van der Waals surface area contributed by atoms with Crippen molar-refractivity contribution in [1.82, 2.24) is 4.98 Å². The van der Waals surface area contributed by atoms with Crippen molar-refractivity contribution < 1.29 is 23.1 Å². The first-order chi connectivity index (χ1) is 6.91. The quantitative estimate of drug-likeness (QED) is 0.824. The molecule has 3 nitrogen and oxygen atoms in total. The molecule has 1 aromatic rings. The van der Waals surface area contributed by atoms with E-state index in [0.717, 1.165) is 0 Å². The van der Waals surface area contributed by atoms with Crippen LogP contribution in [-0.2, 0) is 11.2 Å². The molecule has 0 radical (unpaired) electrons. The highest BCUT2D eigenvalue weighted by atomic mass is 35.5. The van der Waals surface area contributed by atoms with Crippen molar-refractivity contribution in [3.8, 4) is 0 Å². The highest BCUT2D eigenvalue weighted by molar-refractivity contribution is 6.29. The number of carbonyl (C=O) groups is 1. The molecular formula is C8H5ClF3NO2. The molecule has 1 heterocycles. The number of carboxylic acids is 1. The van der Waals surface area contributed by atoms with Crippen molar-refractivity contribution in [1.29, 1.82) is 0 Å². The predicted octanol–water partition coefficient (Wildman–Crippen LogP) is 2.44. The van der Waals surface area contributed by atoms with E-state index in [1.165, 1.54) is 0 Å². The number of aliphatic carboxylic acids is 1. The van der Waals surface area contributed by atoms with E-state index in [1.807, 2.05) is 0 Å². The SMILES string of the molecule is O=C(O)Cc1nc(Cl)cc(C(F)F)c1F. The lowest BCUT2D eigenvalue weighted by atomic mass is 10.2. The van der Waals surface area contributed by atoms with Crippen molar-refractivity contribution in [2.45, 2.75) is 12.8 Å². The molecular weight excluding hydrogens is 235 g/mol. The molecule has 0 atom stereocenters. The fourth-order valence-electron chi connectivity index (χ4n) is 0.988. The largest absolute Gasteiger partial charge is 0.481 e. The summed E-state index contributed by atoms with van der Waals surface area (Å²) in [6, 6.07) is 0.674. The zero-order valence-electron chi connectivity index (χ0n) is 7.18. The van der Waals surface area contributed by atoms with Gasteiger partial charge in [0.15, 0.2) is 5.82 Å². The first-order valence-electron chi connectivity index (χ1n) is 3.76. The van der Waals surface area contributed by atoms with Gasteiger partial charge in [0.1, 0.15) is 5.15 Å². The summed E-state index contributed by atoms with van der Waals surface area (Å²) in [4.78, 5) is 13.6. The number of halogens is 4. The highest BCUT2D eigenvalue weighted by Crippen LogP contribution is 2.26. The van der Waals surface area contributed by atoms with Gasteiger partial charge in [-0.05, 0) is 6.07 Å². The average molecular weight is 240 g/mol. The number of carboxylic acid groups (broad SMARTS) is 1. The Hall–Kier alpha value is -1.30. The Morgan fingerprint density at radius 1 is 1.60 bits per heavy atom. The molecule has 15 heavy (non-hydrogen) atoms. The van der Waals surface area contributed by atoms with Crippen molar-refractivity contribution in [2.75, 3.05) is 0 Å². The van der Waals surface area contributed by atoms with Crippen LogP contribution in [0.25, 0.3) is 0 Å². The van der Waals surface area contributed by atoms with Gasteiger partial charge >= 0.3 is 5.97 Å². The van der Waals surface area contributed by atoms with Crippen LogP contribution in [0.4, 0.5) is 13.2 Å². The Morgan fingerprint density at radius 2 is 2.20 bits per heavy atom. The molecule has 0 bridgehead atoms. The summed E-state index contributed by atoms with van der Waals surface area (Å²) in [5, 5.41) is 8.02. The van der Waals surface area contributed by atoms with Gasteiger partial charge in [-0.2, -0.15) is 0 Å². The van der Waals surface area contributed by atoms with Crippen LogP contribution >= 0.6 is 11.6 Å². The van der Waals surface area contributed by atoms with Crippen molar-refractivity contribution in [2.24, 2.45) is 0 Å². The van der Waals surface area contributed by atoms with Crippen LogP contribution < -0.4 is 0 Å². The highest BCUT2D eigenvalue weighted by Gasteiger charge is 2.20. The lowest BCUT2D eigenvalue weighted by molar-refractivity contribution is -0.136. The second-order valence-electron chi connectivity index (χ2n) is 2.67. The zero-order chi connectivity index (χ0) is 11.6. The van der Waals surface area contributed by atoms with Gasteiger partial charge in [0, 0.05) is 0 Å². The standard InChI is InChI=1S/C8H5ClF3NO2/c9-5-1-3(8(11)12)7(10)4(13-5)2-6(14)15/h1,8H,2H2,(H,14,15). The Kier molecular flexibility index (Phi) is 3.52. The minimum absolute atomic E-state index is 0.358. The monoisotopic (exact) mass is 239 g/mol.